The number of hydrogen-bond donors (Lipinski definition) is 2. The fourth-order valence-corrected chi connectivity index (χ4v) is 2.91. The van der Waals surface area contributed by atoms with E-state index >= 15 is 0 Å². The minimum absolute atomic E-state index is 0.117. The van der Waals surface area contributed by atoms with Gasteiger partial charge in [0, 0.05) is 24.8 Å². The normalized spacial score (nSPS) is 25.1. The van der Waals surface area contributed by atoms with Crippen molar-refractivity contribution in [2.45, 2.75) is 25.9 Å². The lowest BCUT2D eigenvalue weighted by Crippen LogP contribution is -2.47. The van der Waals surface area contributed by atoms with Crippen molar-refractivity contribution in [1.29, 1.82) is 0 Å². The van der Waals surface area contributed by atoms with Crippen LogP contribution in [0.1, 0.15) is 24.2 Å². The first-order valence-corrected chi connectivity index (χ1v) is 6.44. The minimum Gasteiger partial charge on any atom is -0.369 e. The number of nitrogens with zero attached hydrogens (tertiary/aromatic N) is 5. The summed E-state index contributed by atoms with van der Waals surface area (Å²) < 4.78 is 3.44. The van der Waals surface area contributed by atoms with Gasteiger partial charge < -0.3 is 11.1 Å². The largest absolute Gasteiger partial charge is 0.369 e. The zero-order valence-corrected chi connectivity index (χ0v) is 11.6. The lowest BCUT2D eigenvalue weighted by molar-refractivity contribution is -0.123. The Labute approximate surface area is 116 Å². The molecule has 20 heavy (non-hydrogen) atoms. The van der Waals surface area contributed by atoms with Crippen LogP contribution in [0.3, 0.4) is 0 Å². The second-order valence-corrected chi connectivity index (χ2v) is 5.18. The molecule has 3 atom stereocenters. The summed E-state index contributed by atoms with van der Waals surface area (Å²) in [6.45, 7) is 3.84. The van der Waals surface area contributed by atoms with E-state index in [1.54, 1.807) is 9.36 Å². The Morgan fingerprint density at radius 3 is 2.85 bits per heavy atom. The fraction of sp³-hybridized carbons (Fsp3) is 0.500. The van der Waals surface area contributed by atoms with Gasteiger partial charge in [-0.2, -0.15) is 15.2 Å². The van der Waals surface area contributed by atoms with Crippen molar-refractivity contribution in [3.05, 3.63) is 23.8 Å². The van der Waals surface area contributed by atoms with Gasteiger partial charge >= 0.3 is 0 Å². The smallest absolute Gasteiger partial charge is 0.225 e. The number of carbonyl (C=O) groups is 1. The summed E-state index contributed by atoms with van der Waals surface area (Å²) in [5.74, 6) is -0.130. The first kappa shape index (κ1) is 12.6. The van der Waals surface area contributed by atoms with E-state index in [9.17, 15) is 4.79 Å². The molecule has 1 aliphatic heterocycles. The zero-order valence-electron chi connectivity index (χ0n) is 11.6. The molecule has 0 saturated heterocycles. The molecule has 2 aromatic heterocycles. The molecule has 0 radical (unpaired) electrons. The van der Waals surface area contributed by atoms with Crippen molar-refractivity contribution in [3.63, 3.8) is 0 Å². The Kier molecular flexibility index (Phi) is 2.73. The predicted octanol–water partition coefficient (Wildman–Crippen LogP) is -0.175. The summed E-state index contributed by atoms with van der Waals surface area (Å²) in [6, 6.07) is -0.399. The van der Waals surface area contributed by atoms with E-state index in [4.69, 9.17) is 5.73 Å². The third kappa shape index (κ3) is 1.75. The molecular weight excluding hydrogens is 258 g/mol. The molecule has 3 heterocycles. The molecule has 3 rings (SSSR count). The summed E-state index contributed by atoms with van der Waals surface area (Å²) in [6.07, 6.45) is 3.37. The van der Waals surface area contributed by atoms with Crippen LogP contribution in [0.25, 0.3) is 0 Å². The first-order valence-electron chi connectivity index (χ1n) is 6.44. The standard InChI is InChI=1S/C12H17N7O/c1-6-8(4-18(3)17-6)10-9(11(13)20)7(2)16-12-14-5-15-19(10)12/h4-5,7,9-10H,1-3H3,(H2,13,20)(H,14,15,16)/t7-,9+,10+/m0/s1. The third-order valence-corrected chi connectivity index (χ3v) is 3.77. The molecule has 0 saturated carbocycles. The molecule has 1 aliphatic rings. The Bertz CT molecular complexity index is 659. The van der Waals surface area contributed by atoms with Crippen molar-refractivity contribution < 1.29 is 4.79 Å². The van der Waals surface area contributed by atoms with Gasteiger partial charge in [0.2, 0.25) is 11.9 Å². The maximum atomic E-state index is 11.9. The second-order valence-electron chi connectivity index (χ2n) is 5.18. The lowest BCUT2D eigenvalue weighted by Gasteiger charge is -2.35. The molecule has 0 unspecified atom stereocenters. The maximum absolute atomic E-state index is 11.9. The molecule has 8 nitrogen and oxygen atoms in total. The summed E-state index contributed by atoms with van der Waals surface area (Å²) in [5, 5.41) is 11.7. The van der Waals surface area contributed by atoms with Gasteiger partial charge in [-0.3, -0.25) is 9.48 Å². The molecule has 2 aromatic rings. The van der Waals surface area contributed by atoms with E-state index in [1.165, 1.54) is 6.33 Å². The van der Waals surface area contributed by atoms with Gasteiger partial charge in [0.05, 0.1) is 17.7 Å². The number of fused-ring (bicyclic) bond motifs is 1. The first-order chi connectivity index (χ1) is 9.49. The van der Waals surface area contributed by atoms with Crippen LogP contribution in [0, 0.1) is 12.8 Å². The van der Waals surface area contributed by atoms with Crippen molar-refractivity contribution in [2.75, 3.05) is 5.32 Å². The number of aryl methyl sites for hydroxylation is 2. The van der Waals surface area contributed by atoms with Crippen molar-refractivity contribution >= 4 is 11.9 Å². The predicted molar refractivity (Wildman–Crippen MR) is 71.9 cm³/mol. The van der Waals surface area contributed by atoms with Crippen molar-refractivity contribution in [2.24, 2.45) is 18.7 Å². The van der Waals surface area contributed by atoms with E-state index in [0.717, 1.165) is 11.3 Å². The molecule has 0 aromatic carbocycles. The van der Waals surface area contributed by atoms with E-state index < -0.39 is 5.92 Å². The van der Waals surface area contributed by atoms with Gasteiger partial charge in [0.1, 0.15) is 6.33 Å². The minimum atomic E-state index is -0.410. The van der Waals surface area contributed by atoms with E-state index in [0.29, 0.717) is 5.95 Å². The number of nitrogens with one attached hydrogen (secondary N) is 1. The molecule has 3 N–H and O–H groups in total. The number of amides is 1. The van der Waals surface area contributed by atoms with Gasteiger partial charge in [-0.25, -0.2) is 4.68 Å². The van der Waals surface area contributed by atoms with Crippen LogP contribution in [0.15, 0.2) is 12.5 Å². The van der Waals surface area contributed by atoms with Crippen LogP contribution in [0.5, 0.6) is 0 Å². The fourth-order valence-electron chi connectivity index (χ4n) is 2.91. The average Bonchev–Trinajstić information content (AvgIpc) is 2.93. The number of aromatic nitrogens is 5. The highest BCUT2D eigenvalue weighted by Crippen LogP contribution is 2.36. The number of primary amides is 1. The number of hydrogen-bond acceptors (Lipinski definition) is 5. The summed E-state index contributed by atoms with van der Waals surface area (Å²) in [4.78, 5) is 16.1. The number of rotatable bonds is 2. The van der Waals surface area contributed by atoms with Crippen LogP contribution < -0.4 is 11.1 Å². The van der Waals surface area contributed by atoms with Crippen molar-refractivity contribution in [1.82, 2.24) is 24.5 Å². The Balaban J connectivity index is 2.18. The van der Waals surface area contributed by atoms with Crippen LogP contribution in [-0.2, 0) is 11.8 Å². The SMILES string of the molecule is Cc1nn(C)cc1[C@@H]1[C@H](C(N)=O)[C@H](C)Nc2ncnn21. The summed E-state index contributed by atoms with van der Waals surface area (Å²) in [5.41, 5.74) is 7.40. The Hall–Kier alpha value is -2.38. The summed E-state index contributed by atoms with van der Waals surface area (Å²) >= 11 is 0. The average molecular weight is 275 g/mol. The van der Waals surface area contributed by atoms with Crippen LogP contribution in [-0.4, -0.2) is 36.5 Å². The van der Waals surface area contributed by atoms with Crippen LogP contribution in [0.2, 0.25) is 0 Å². The van der Waals surface area contributed by atoms with Gasteiger partial charge in [-0.05, 0) is 13.8 Å². The lowest BCUT2D eigenvalue weighted by atomic mass is 9.86. The second kappa shape index (κ2) is 4.32. The van der Waals surface area contributed by atoms with Gasteiger partial charge in [0.25, 0.3) is 0 Å². The molecule has 0 aliphatic carbocycles. The van der Waals surface area contributed by atoms with Gasteiger partial charge in [-0.15, -0.1) is 0 Å². The van der Waals surface area contributed by atoms with Crippen molar-refractivity contribution in [3.8, 4) is 0 Å². The highest BCUT2D eigenvalue weighted by Gasteiger charge is 2.41. The third-order valence-electron chi connectivity index (χ3n) is 3.77. The Morgan fingerprint density at radius 2 is 2.25 bits per heavy atom. The molecular formula is C12H17N7O. The van der Waals surface area contributed by atoms with Gasteiger partial charge in [-0.1, -0.05) is 0 Å². The summed E-state index contributed by atoms with van der Waals surface area (Å²) in [7, 11) is 1.85. The molecule has 0 fully saturated rings. The topological polar surface area (TPSA) is 104 Å². The van der Waals surface area contributed by atoms with E-state index in [2.05, 4.69) is 20.5 Å². The Morgan fingerprint density at radius 1 is 1.50 bits per heavy atom. The van der Waals surface area contributed by atoms with Gasteiger partial charge in [0.15, 0.2) is 0 Å². The molecule has 1 amide bonds. The monoisotopic (exact) mass is 275 g/mol. The quantitative estimate of drug-likeness (QED) is 0.791. The highest BCUT2D eigenvalue weighted by molar-refractivity contribution is 5.79. The number of carbonyl (C=O) groups excluding carboxylic acids is 1. The van der Waals surface area contributed by atoms with Crippen LogP contribution in [0.4, 0.5) is 5.95 Å². The number of nitrogens with two attached hydrogens (primary N) is 1. The van der Waals surface area contributed by atoms with Crippen LogP contribution >= 0.6 is 0 Å². The molecule has 8 heteroatoms. The number of anilines is 1. The van der Waals surface area contributed by atoms with E-state index in [-0.39, 0.29) is 18.0 Å². The van der Waals surface area contributed by atoms with E-state index in [1.807, 2.05) is 27.1 Å². The molecule has 106 valence electrons. The highest BCUT2D eigenvalue weighted by atomic mass is 16.1. The zero-order chi connectivity index (χ0) is 14.4. The maximum Gasteiger partial charge on any atom is 0.225 e. The molecule has 0 spiro atoms. The molecule has 0 bridgehead atoms.